The van der Waals surface area contributed by atoms with Gasteiger partial charge in [0.2, 0.25) is 0 Å². The number of ether oxygens (including phenoxy) is 2. The molecule has 2 heterocycles. The molecule has 0 amide bonds. The maximum absolute atomic E-state index is 13.0. The number of methoxy groups -OCH3 is 2. The summed E-state index contributed by atoms with van der Waals surface area (Å²) in [7, 11) is 3.08. The van der Waals surface area contributed by atoms with Crippen LogP contribution in [0.1, 0.15) is 71.1 Å². The zero-order chi connectivity index (χ0) is 25.3. The van der Waals surface area contributed by atoms with Crippen molar-refractivity contribution in [3.8, 4) is 28.4 Å². The lowest BCUT2D eigenvalue weighted by molar-refractivity contribution is -0.115. The molecule has 1 aromatic heterocycles. The first-order chi connectivity index (χ1) is 16.3. The summed E-state index contributed by atoms with van der Waals surface area (Å²) in [5.74, 6) is 0.776. The number of aromatic nitrogens is 1. The Morgan fingerprint density at radius 1 is 1.06 bits per heavy atom. The van der Waals surface area contributed by atoms with Crippen LogP contribution in [0, 0.1) is 0 Å². The van der Waals surface area contributed by atoms with E-state index in [2.05, 4.69) is 36.0 Å². The van der Waals surface area contributed by atoms with Gasteiger partial charge in [-0.1, -0.05) is 39.7 Å². The number of aryl methyl sites for hydroxylation is 1. The quantitative estimate of drug-likeness (QED) is 0.533. The Hall–Kier alpha value is -3.42. The van der Waals surface area contributed by atoms with Gasteiger partial charge in [-0.05, 0) is 31.9 Å². The van der Waals surface area contributed by atoms with E-state index in [1.54, 1.807) is 18.2 Å². The molecular formula is C26H35N3O5. The van der Waals surface area contributed by atoms with Gasteiger partial charge in [0, 0.05) is 18.5 Å². The fraction of sp³-hybridized carbons (Fsp3) is 0.462. The molecule has 0 unspecified atom stereocenters. The highest BCUT2D eigenvalue weighted by Crippen LogP contribution is 2.45. The summed E-state index contributed by atoms with van der Waals surface area (Å²) in [6, 6.07) is 5.33. The summed E-state index contributed by atoms with van der Waals surface area (Å²) < 4.78 is 11.1. The number of nitrogens with zero attached hydrogens (tertiary/aromatic N) is 2. The van der Waals surface area contributed by atoms with E-state index in [1.165, 1.54) is 27.6 Å². The van der Waals surface area contributed by atoms with E-state index in [1.807, 2.05) is 0 Å². The van der Waals surface area contributed by atoms with Crippen LogP contribution in [0.2, 0.25) is 0 Å². The molecule has 0 saturated carbocycles. The van der Waals surface area contributed by atoms with E-state index in [0.29, 0.717) is 46.2 Å². The van der Waals surface area contributed by atoms with Crippen molar-refractivity contribution >= 4 is 17.2 Å². The number of unbranched alkanes of at least 4 members (excludes halogenated alkanes) is 1. The number of rotatable bonds is 9. The molecule has 0 atom stereocenters. The van der Waals surface area contributed by atoms with Gasteiger partial charge in [0.05, 0.1) is 36.8 Å². The molecule has 2 aromatic rings. The first-order valence-corrected chi connectivity index (χ1v) is 11.6. The number of H-pyrrole nitrogens is 1. The van der Waals surface area contributed by atoms with Crippen LogP contribution in [0.4, 0.5) is 0 Å². The first-order valence-electron chi connectivity index (χ1n) is 11.6. The van der Waals surface area contributed by atoms with Crippen molar-refractivity contribution in [3.05, 3.63) is 39.8 Å². The minimum Gasteiger partial charge on any atom is -0.506 e. The Kier molecular flexibility index (Phi) is 10.0. The summed E-state index contributed by atoms with van der Waals surface area (Å²) in [6.07, 6.45) is 3.95. The molecule has 1 aromatic carbocycles. The van der Waals surface area contributed by atoms with Gasteiger partial charge in [0.15, 0.2) is 0 Å². The molecule has 1 aliphatic rings. The summed E-state index contributed by atoms with van der Waals surface area (Å²) in [6.45, 7) is 7.77. The minimum absolute atomic E-state index is 0.0392. The smallest absolute Gasteiger partial charge is 0.261 e. The number of hydrogen-bond acceptors (Lipinski definition) is 7. The summed E-state index contributed by atoms with van der Waals surface area (Å²) in [4.78, 5) is 27.3. The molecule has 1 aliphatic heterocycles. The highest BCUT2D eigenvalue weighted by molar-refractivity contribution is 6.19. The van der Waals surface area contributed by atoms with Crippen LogP contribution >= 0.6 is 0 Å². The van der Waals surface area contributed by atoms with Gasteiger partial charge in [0.25, 0.3) is 5.56 Å². The fourth-order valence-electron chi connectivity index (χ4n) is 3.73. The molecule has 0 radical (unpaired) electrons. The molecule has 184 valence electrons. The Morgan fingerprint density at radius 3 is 2.21 bits per heavy atom. The van der Waals surface area contributed by atoms with Crippen molar-refractivity contribution in [1.29, 1.82) is 0 Å². The van der Waals surface area contributed by atoms with E-state index >= 15 is 0 Å². The number of carbonyl (C=O) groups is 1. The summed E-state index contributed by atoms with van der Waals surface area (Å²) in [5.41, 5.74) is 2.08. The van der Waals surface area contributed by atoms with Crippen LogP contribution in [-0.4, -0.2) is 41.5 Å². The largest absolute Gasteiger partial charge is 0.506 e. The van der Waals surface area contributed by atoms with Crippen molar-refractivity contribution in [1.82, 2.24) is 4.98 Å². The number of nitrogens with one attached hydrogen (secondary N) is 1. The van der Waals surface area contributed by atoms with Gasteiger partial charge in [-0.3, -0.25) is 9.59 Å². The molecule has 0 spiro atoms. The number of Topliss-reactive ketones (excluding diaryl/α,β-unsaturated/α-hetero) is 1. The lowest BCUT2D eigenvalue weighted by Crippen LogP contribution is -2.22. The van der Waals surface area contributed by atoms with Crippen LogP contribution < -0.4 is 15.0 Å². The molecule has 0 fully saturated rings. The topological polar surface area (TPSA) is 113 Å². The molecular weight excluding hydrogens is 434 g/mol. The second-order valence-corrected chi connectivity index (χ2v) is 8.15. The standard InChI is InChI=1S/C23H27N3O5.C3H8/c1-5-6-8-15-19(21-17(30-3)9-7-10-18(21)31-4)22(28)20(23(29)24-15)16-12-14(25-26-16)11-13(2)27;1-3-2/h7,9-10H,5-6,8,11-12H2,1-4H3,(H2,24,28,29);3H2,1-2H3. The van der Waals surface area contributed by atoms with Gasteiger partial charge in [0.1, 0.15) is 28.6 Å². The number of aromatic hydroxyl groups is 1. The van der Waals surface area contributed by atoms with E-state index < -0.39 is 5.56 Å². The first kappa shape index (κ1) is 26.8. The van der Waals surface area contributed by atoms with Crippen molar-refractivity contribution in [2.45, 2.75) is 66.2 Å². The Balaban J connectivity index is 0.00000129. The lowest BCUT2D eigenvalue weighted by atomic mass is 9.93. The third-order valence-corrected chi connectivity index (χ3v) is 5.15. The third kappa shape index (κ3) is 6.12. The molecule has 3 rings (SSSR count). The van der Waals surface area contributed by atoms with Gasteiger partial charge in [-0.25, -0.2) is 0 Å². The Bertz CT molecular complexity index is 1110. The second kappa shape index (κ2) is 12.7. The second-order valence-electron chi connectivity index (χ2n) is 8.15. The van der Waals surface area contributed by atoms with Crippen molar-refractivity contribution < 1.29 is 19.4 Å². The minimum atomic E-state index is -0.445. The summed E-state index contributed by atoms with van der Waals surface area (Å²) >= 11 is 0. The van der Waals surface area contributed by atoms with Gasteiger partial charge in [-0.2, -0.15) is 10.2 Å². The molecule has 8 heteroatoms. The van der Waals surface area contributed by atoms with Crippen molar-refractivity contribution in [2.75, 3.05) is 14.2 Å². The SMILES string of the molecule is CCC.CCCCc1[nH]c(=O)c(C2=NN=C(CC(C)=O)C2)c(O)c1-c1c(OC)cccc1OC. The van der Waals surface area contributed by atoms with Crippen LogP contribution in [0.15, 0.2) is 33.2 Å². The van der Waals surface area contributed by atoms with Crippen LogP contribution in [0.3, 0.4) is 0 Å². The predicted octanol–water partition coefficient (Wildman–Crippen LogP) is 5.05. The highest BCUT2D eigenvalue weighted by Gasteiger charge is 2.28. The third-order valence-electron chi connectivity index (χ3n) is 5.15. The molecule has 0 bridgehead atoms. The normalized spacial score (nSPS) is 12.4. The number of ketones is 1. The highest BCUT2D eigenvalue weighted by atomic mass is 16.5. The Morgan fingerprint density at radius 2 is 1.68 bits per heavy atom. The number of aromatic amines is 1. The number of benzene rings is 1. The van der Waals surface area contributed by atoms with E-state index in [-0.39, 0.29) is 29.9 Å². The molecule has 0 saturated heterocycles. The molecule has 0 aliphatic carbocycles. The zero-order valence-electron chi connectivity index (χ0n) is 20.9. The maximum atomic E-state index is 13.0. The molecule has 2 N–H and O–H groups in total. The fourth-order valence-corrected chi connectivity index (χ4v) is 3.73. The van der Waals surface area contributed by atoms with E-state index in [9.17, 15) is 14.7 Å². The van der Waals surface area contributed by atoms with Crippen LogP contribution in [0.5, 0.6) is 17.2 Å². The number of pyridine rings is 1. The van der Waals surface area contributed by atoms with Crippen molar-refractivity contribution in [2.24, 2.45) is 10.2 Å². The molecule has 8 nitrogen and oxygen atoms in total. The van der Waals surface area contributed by atoms with Crippen LogP contribution in [-0.2, 0) is 11.2 Å². The number of hydrogen-bond donors (Lipinski definition) is 2. The zero-order valence-corrected chi connectivity index (χ0v) is 20.9. The van der Waals surface area contributed by atoms with Crippen LogP contribution in [0.25, 0.3) is 11.1 Å². The average Bonchev–Trinajstić information content (AvgIpc) is 3.24. The van der Waals surface area contributed by atoms with Gasteiger partial charge >= 0.3 is 0 Å². The average molecular weight is 470 g/mol. The van der Waals surface area contributed by atoms with Gasteiger partial charge < -0.3 is 19.6 Å². The molecule has 34 heavy (non-hydrogen) atoms. The van der Waals surface area contributed by atoms with E-state index in [0.717, 1.165) is 12.8 Å². The maximum Gasteiger partial charge on any atom is 0.261 e. The monoisotopic (exact) mass is 469 g/mol. The van der Waals surface area contributed by atoms with Crippen molar-refractivity contribution in [3.63, 3.8) is 0 Å². The predicted molar refractivity (Wildman–Crippen MR) is 136 cm³/mol. The lowest BCUT2D eigenvalue weighted by Gasteiger charge is -2.19. The van der Waals surface area contributed by atoms with Gasteiger partial charge in [-0.15, -0.1) is 0 Å². The summed E-state index contributed by atoms with van der Waals surface area (Å²) in [5, 5.41) is 19.5. The number of carbonyl (C=O) groups excluding carboxylic acids is 1. The Labute approximate surface area is 200 Å². The van der Waals surface area contributed by atoms with E-state index in [4.69, 9.17) is 9.47 Å².